The van der Waals surface area contributed by atoms with Crippen molar-refractivity contribution >= 4 is 17.5 Å². The Kier molecular flexibility index (Phi) is 6.05. The SMILES string of the molecule is CNC(C)c1cc(Cl)ccc1OC(C)C(=O)NC(C)(C)C. The molecule has 2 unspecified atom stereocenters. The number of hydrogen-bond acceptors (Lipinski definition) is 3. The minimum atomic E-state index is -0.576. The standard InChI is InChI=1S/C16H25ClN2O2/c1-10(18-6)13-9-12(17)7-8-14(13)21-11(2)15(20)19-16(3,4)5/h7-11,18H,1-6H3,(H,19,20). The fourth-order valence-electron chi connectivity index (χ4n) is 1.84. The lowest BCUT2D eigenvalue weighted by Crippen LogP contribution is -2.46. The van der Waals surface area contributed by atoms with Gasteiger partial charge in [0.1, 0.15) is 5.75 Å². The first-order valence-corrected chi connectivity index (χ1v) is 7.47. The van der Waals surface area contributed by atoms with Crippen LogP contribution in [-0.2, 0) is 4.79 Å². The highest BCUT2D eigenvalue weighted by atomic mass is 35.5. The van der Waals surface area contributed by atoms with Crippen LogP contribution in [0.1, 0.15) is 46.2 Å². The Labute approximate surface area is 132 Å². The van der Waals surface area contributed by atoms with Gasteiger partial charge >= 0.3 is 0 Å². The average molecular weight is 313 g/mol. The minimum Gasteiger partial charge on any atom is -0.481 e. The molecule has 0 heterocycles. The predicted molar refractivity (Wildman–Crippen MR) is 86.9 cm³/mol. The maximum absolute atomic E-state index is 12.1. The van der Waals surface area contributed by atoms with Crippen LogP contribution in [0.3, 0.4) is 0 Å². The van der Waals surface area contributed by atoms with Gasteiger partial charge in [-0.2, -0.15) is 0 Å². The van der Waals surface area contributed by atoms with E-state index in [1.807, 2.05) is 40.8 Å². The molecule has 1 rings (SSSR count). The summed E-state index contributed by atoms with van der Waals surface area (Å²) in [7, 11) is 1.87. The molecule has 4 nitrogen and oxygen atoms in total. The van der Waals surface area contributed by atoms with Crippen LogP contribution in [0.5, 0.6) is 5.75 Å². The molecule has 2 atom stereocenters. The van der Waals surface area contributed by atoms with E-state index in [9.17, 15) is 4.79 Å². The van der Waals surface area contributed by atoms with Crippen LogP contribution in [0.2, 0.25) is 5.02 Å². The van der Waals surface area contributed by atoms with E-state index in [1.54, 1.807) is 19.1 Å². The van der Waals surface area contributed by atoms with Gasteiger partial charge in [0.05, 0.1) is 0 Å². The number of halogens is 1. The maximum Gasteiger partial charge on any atom is 0.261 e. The van der Waals surface area contributed by atoms with E-state index >= 15 is 0 Å². The van der Waals surface area contributed by atoms with Gasteiger partial charge in [0.15, 0.2) is 6.10 Å². The first kappa shape index (κ1) is 17.8. The third-order valence-electron chi connectivity index (χ3n) is 3.04. The highest BCUT2D eigenvalue weighted by Crippen LogP contribution is 2.29. The monoisotopic (exact) mass is 312 g/mol. The molecular weight excluding hydrogens is 288 g/mol. The molecule has 21 heavy (non-hydrogen) atoms. The quantitative estimate of drug-likeness (QED) is 0.877. The van der Waals surface area contributed by atoms with Crippen molar-refractivity contribution in [1.82, 2.24) is 10.6 Å². The maximum atomic E-state index is 12.1. The van der Waals surface area contributed by atoms with Crippen LogP contribution < -0.4 is 15.4 Å². The molecule has 0 saturated heterocycles. The highest BCUT2D eigenvalue weighted by Gasteiger charge is 2.22. The summed E-state index contributed by atoms with van der Waals surface area (Å²) in [4.78, 5) is 12.1. The van der Waals surface area contributed by atoms with Gasteiger partial charge in [-0.05, 0) is 59.9 Å². The second-order valence-electron chi connectivity index (χ2n) is 6.19. The number of carbonyl (C=O) groups is 1. The van der Waals surface area contributed by atoms with Crippen molar-refractivity contribution in [3.63, 3.8) is 0 Å². The van der Waals surface area contributed by atoms with Crippen molar-refractivity contribution in [3.05, 3.63) is 28.8 Å². The van der Waals surface area contributed by atoms with Crippen LogP contribution in [0.15, 0.2) is 18.2 Å². The molecule has 0 saturated carbocycles. The summed E-state index contributed by atoms with van der Waals surface area (Å²) in [6, 6.07) is 5.49. The van der Waals surface area contributed by atoms with Crippen molar-refractivity contribution in [2.45, 2.75) is 52.3 Å². The van der Waals surface area contributed by atoms with E-state index in [-0.39, 0.29) is 17.5 Å². The van der Waals surface area contributed by atoms with E-state index in [0.29, 0.717) is 10.8 Å². The van der Waals surface area contributed by atoms with Gasteiger partial charge < -0.3 is 15.4 Å². The van der Waals surface area contributed by atoms with Crippen molar-refractivity contribution < 1.29 is 9.53 Å². The fraction of sp³-hybridized carbons (Fsp3) is 0.562. The molecule has 0 aromatic heterocycles. The number of amides is 1. The zero-order valence-electron chi connectivity index (χ0n) is 13.6. The Morgan fingerprint density at radius 1 is 1.29 bits per heavy atom. The molecule has 1 aromatic carbocycles. The van der Waals surface area contributed by atoms with E-state index in [0.717, 1.165) is 5.56 Å². The van der Waals surface area contributed by atoms with Gasteiger partial charge in [0, 0.05) is 22.2 Å². The van der Waals surface area contributed by atoms with Crippen LogP contribution >= 0.6 is 11.6 Å². The lowest BCUT2D eigenvalue weighted by Gasteiger charge is -2.25. The summed E-state index contributed by atoms with van der Waals surface area (Å²) in [5, 5.41) is 6.70. The first-order valence-electron chi connectivity index (χ1n) is 7.09. The zero-order valence-corrected chi connectivity index (χ0v) is 14.3. The molecule has 0 aliphatic rings. The summed E-state index contributed by atoms with van der Waals surface area (Å²) in [6.45, 7) is 9.57. The van der Waals surface area contributed by atoms with E-state index < -0.39 is 6.10 Å². The summed E-state index contributed by atoms with van der Waals surface area (Å²) >= 11 is 6.04. The normalized spacial score (nSPS) is 14.4. The van der Waals surface area contributed by atoms with Crippen LogP contribution in [0.25, 0.3) is 0 Å². The molecule has 0 aliphatic carbocycles. The molecular formula is C16H25ClN2O2. The summed E-state index contributed by atoms with van der Waals surface area (Å²) in [5.74, 6) is 0.526. The molecule has 1 aromatic rings. The van der Waals surface area contributed by atoms with Gasteiger partial charge in [-0.1, -0.05) is 11.6 Å². The van der Waals surface area contributed by atoms with Crippen LogP contribution in [-0.4, -0.2) is 24.6 Å². The predicted octanol–water partition coefficient (Wildman–Crippen LogP) is 3.30. The molecule has 0 bridgehead atoms. The minimum absolute atomic E-state index is 0.0802. The number of carbonyl (C=O) groups excluding carboxylic acids is 1. The number of hydrogen-bond donors (Lipinski definition) is 2. The van der Waals surface area contributed by atoms with Gasteiger partial charge in [0.25, 0.3) is 5.91 Å². The van der Waals surface area contributed by atoms with Crippen molar-refractivity contribution in [2.24, 2.45) is 0 Å². The summed E-state index contributed by atoms with van der Waals surface area (Å²) in [5.41, 5.74) is 0.649. The van der Waals surface area contributed by atoms with Crippen LogP contribution in [0.4, 0.5) is 0 Å². The van der Waals surface area contributed by atoms with E-state index in [4.69, 9.17) is 16.3 Å². The molecule has 0 fully saturated rings. The Bertz CT molecular complexity index is 498. The molecule has 1 amide bonds. The van der Waals surface area contributed by atoms with Gasteiger partial charge in [0.2, 0.25) is 0 Å². The lowest BCUT2D eigenvalue weighted by atomic mass is 10.1. The second kappa shape index (κ2) is 7.14. The molecule has 5 heteroatoms. The third kappa shape index (κ3) is 5.56. The van der Waals surface area contributed by atoms with Crippen LogP contribution in [0, 0.1) is 0 Å². The number of rotatable bonds is 5. The van der Waals surface area contributed by atoms with Gasteiger partial charge in [-0.25, -0.2) is 0 Å². The van der Waals surface area contributed by atoms with Crippen molar-refractivity contribution in [3.8, 4) is 5.75 Å². The highest BCUT2D eigenvalue weighted by molar-refractivity contribution is 6.30. The Morgan fingerprint density at radius 2 is 1.90 bits per heavy atom. The molecule has 2 N–H and O–H groups in total. The number of benzene rings is 1. The number of ether oxygens (including phenoxy) is 1. The summed E-state index contributed by atoms with van der Waals surface area (Å²) in [6.07, 6.45) is -0.576. The Hall–Kier alpha value is -1.26. The smallest absolute Gasteiger partial charge is 0.261 e. The van der Waals surface area contributed by atoms with E-state index in [1.165, 1.54) is 0 Å². The topological polar surface area (TPSA) is 50.4 Å². The Morgan fingerprint density at radius 3 is 2.43 bits per heavy atom. The van der Waals surface area contributed by atoms with Gasteiger partial charge in [-0.15, -0.1) is 0 Å². The third-order valence-corrected chi connectivity index (χ3v) is 3.28. The molecule has 0 aliphatic heterocycles. The molecule has 118 valence electrons. The molecule has 0 spiro atoms. The van der Waals surface area contributed by atoms with Crippen molar-refractivity contribution in [2.75, 3.05) is 7.05 Å². The molecule has 0 radical (unpaired) electrons. The van der Waals surface area contributed by atoms with Crippen molar-refractivity contribution in [1.29, 1.82) is 0 Å². The zero-order chi connectivity index (χ0) is 16.2. The number of nitrogens with one attached hydrogen (secondary N) is 2. The first-order chi connectivity index (χ1) is 9.64. The van der Waals surface area contributed by atoms with E-state index in [2.05, 4.69) is 10.6 Å². The Balaban J connectivity index is 2.89. The fourth-order valence-corrected chi connectivity index (χ4v) is 2.02. The summed E-state index contributed by atoms with van der Waals surface area (Å²) < 4.78 is 5.82. The average Bonchev–Trinajstić information content (AvgIpc) is 2.37. The lowest BCUT2D eigenvalue weighted by molar-refractivity contribution is -0.128. The largest absolute Gasteiger partial charge is 0.481 e. The van der Waals surface area contributed by atoms with Gasteiger partial charge in [-0.3, -0.25) is 4.79 Å². The second-order valence-corrected chi connectivity index (χ2v) is 6.63.